The zero-order valence-electron chi connectivity index (χ0n) is 14.3. The minimum Gasteiger partial charge on any atom is -0.459 e. The van der Waals surface area contributed by atoms with Crippen molar-refractivity contribution in [2.24, 2.45) is 0 Å². The summed E-state index contributed by atoms with van der Waals surface area (Å²) in [6.45, 7) is 4.13. The maximum atomic E-state index is 12.4. The highest BCUT2D eigenvalue weighted by Gasteiger charge is 2.29. The first-order valence-electron chi connectivity index (χ1n) is 8.19. The van der Waals surface area contributed by atoms with Gasteiger partial charge in [-0.2, -0.15) is 10.2 Å². The normalized spacial score (nSPS) is 15.9. The van der Waals surface area contributed by atoms with Gasteiger partial charge in [0.25, 0.3) is 11.8 Å². The van der Waals surface area contributed by atoms with E-state index in [0.717, 1.165) is 0 Å². The fourth-order valence-corrected chi connectivity index (χ4v) is 2.88. The molecule has 1 fully saturated rings. The average Bonchev–Trinajstić information content (AvgIpc) is 3.32. The lowest BCUT2D eigenvalue weighted by atomic mass is 10.2. The molecule has 3 rings (SSSR count). The summed E-state index contributed by atoms with van der Waals surface area (Å²) in [5.41, 5.74) is 0.217. The van der Waals surface area contributed by atoms with Crippen LogP contribution in [0.2, 0.25) is 0 Å². The molecule has 1 atom stereocenters. The van der Waals surface area contributed by atoms with E-state index in [-0.39, 0.29) is 17.5 Å². The molecule has 8 heteroatoms. The molecule has 2 aromatic rings. The number of amides is 1. The number of nitrogens with zero attached hydrogens (tertiary/aromatic N) is 4. The van der Waals surface area contributed by atoms with Crippen LogP contribution < -0.4 is 4.90 Å². The Labute approximate surface area is 145 Å². The molecule has 1 aliphatic heterocycles. The number of rotatable bonds is 5. The van der Waals surface area contributed by atoms with Crippen LogP contribution in [-0.2, 0) is 9.53 Å². The van der Waals surface area contributed by atoms with Crippen molar-refractivity contribution in [3.63, 3.8) is 0 Å². The number of piperazine rings is 1. The number of anilines is 1. The molecule has 132 valence electrons. The lowest BCUT2D eigenvalue weighted by Gasteiger charge is -2.35. The Hall–Kier alpha value is -2.79. The Kier molecular flexibility index (Phi) is 5.05. The van der Waals surface area contributed by atoms with Gasteiger partial charge in [0, 0.05) is 33.3 Å². The highest BCUT2D eigenvalue weighted by atomic mass is 16.5. The SMILES string of the molecule is CC[C@@H](OC)C(=O)N1CCN(c2oc(-c3ccco3)nc2C#N)CC1. The smallest absolute Gasteiger partial charge is 0.266 e. The summed E-state index contributed by atoms with van der Waals surface area (Å²) < 4.78 is 16.2. The van der Waals surface area contributed by atoms with E-state index < -0.39 is 6.10 Å². The fraction of sp³-hybridized carbons (Fsp3) is 0.471. The van der Waals surface area contributed by atoms with E-state index in [4.69, 9.17) is 13.6 Å². The van der Waals surface area contributed by atoms with Gasteiger partial charge in [-0.05, 0) is 18.6 Å². The third-order valence-electron chi connectivity index (χ3n) is 4.26. The molecule has 8 nitrogen and oxygen atoms in total. The van der Waals surface area contributed by atoms with Gasteiger partial charge in [-0.1, -0.05) is 6.92 Å². The molecule has 0 radical (unpaired) electrons. The van der Waals surface area contributed by atoms with Crippen LogP contribution in [0.4, 0.5) is 5.88 Å². The first-order valence-corrected chi connectivity index (χ1v) is 8.19. The molecular weight excluding hydrogens is 324 g/mol. The molecule has 0 N–H and O–H groups in total. The van der Waals surface area contributed by atoms with Gasteiger partial charge in [-0.15, -0.1) is 0 Å². The lowest BCUT2D eigenvalue weighted by Crippen LogP contribution is -2.51. The third-order valence-corrected chi connectivity index (χ3v) is 4.26. The molecule has 2 aromatic heterocycles. The van der Waals surface area contributed by atoms with E-state index in [1.54, 1.807) is 24.1 Å². The van der Waals surface area contributed by atoms with E-state index in [1.807, 2.05) is 11.8 Å². The second-order valence-electron chi connectivity index (χ2n) is 5.71. The van der Waals surface area contributed by atoms with Crippen molar-refractivity contribution in [3.05, 3.63) is 24.1 Å². The van der Waals surface area contributed by atoms with Gasteiger partial charge in [-0.3, -0.25) is 4.79 Å². The van der Waals surface area contributed by atoms with Crippen LogP contribution in [0.15, 0.2) is 27.2 Å². The molecular formula is C17H20N4O4. The lowest BCUT2D eigenvalue weighted by molar-refractivity contribution is -0.142. The first-order chi connectivity index (χ1) is 12.2. The van der Waals surface area contributed by atoms with Crippen molar-refractivity contribution in [1.82, 2.24) is 9.88 Å². The summed E-state index contributed by atoms with van der Waals surface area (Å²) in [6, 6.07) is 5.51. The quantitative estimate of drug-likeness (QED) is 0.817. The van der Waals surface area contributed by atoms with Crippen molar-refractivity contribution in [3.8, 4) is 17.7 Å². The Bertz CT molecular complexity index is 750. The van der Waals surface area contributed by atoms with Crippen LogP contribution in [0.5, 0.6) is 0 Å². The van der Waals surface area contributed by atoms with Crippen LogP contribution in [0.3, 0.4) is 0 Å². The Balaban J connectivity index is 1.71. The van der Waals surface area contributed by atoms with Crippen LogP contribution in [-0.4, -0.2) is 55.2 Å². The van der Waals surface area contributed by atoms with Gasteiger partial charge in [-0.25, -0.2) is 0 Å². The van der Waals surface area contributed by atoms with E-state index in [1.165, 1.54) is 6.26 Å². The van der Waals surface area contributed by atoms with Crippen molar-refractivity contribution in [2.45, 2.75) is 19.4 Å². The van der Waals surface area contributed by atoms with Crippen LogP contribution in [0, 0.1) is 11.3 Å². The van der Waals surface area contributed by atoms with Gasteiger partial charge >= 0.3 is 0 Å². The molecule has 0 spiro atoms. The van der Waals surface area contributed by atoms with E-state index in [9.17, 15) is 10.1 Å². The molecule has 3 heterocycles. The van der Waals surface area contributed by atoms with Crippen LogP contribution in [0.1, 0.15) is 19.0 Å². The Morgan fingerprint density at radius 2 is 2.20 bits per heavy atom. The van der Waals surface area contributed by atoms with Crippen molar-refractivity contribution in [2.75, 3.05) is 38.2 Å². The standard InChI is InChI=1S/C17H20N4O4/c1-3-13(23-2)16(22)20-6-8-21(9-7-20)17-12(11-18)19-15(25-17)14-5-4-10-24-14/h4-5,10,13H,3,6-9H2,1-2H3/t13-/m1/s1. The summed E-state index contributed by atoms with van der Waals surface area (Å²) in [6.07, 6.45) is 1.76. The Morgan fingerprint density at radius 3 is 2.76 bits per heavy atom. The Morgan fingerprint density at radius 1 is 1.44 bits per heavy atom. The predicted molar refractivity (Wildman–Crippen MR) is 88.8 cm³/mol. The molecule has 0 aliphatic carbocycles. The number of furan rings is 1. The number of oxazole rings is 1. The molecule has 0 saturated carbocycles. The monoisotopic (exact) mass is 344 g/mol. The first kappa shape index (κ1) is 17.0. The number of hydrogen-bond acceptors (Lipinski definition) is 7. The molecule has 1 amide bonds. The largest absolute Gasteiger partial charge is 0.459 e. The van der Waals surface area contributed by atoms with Gasteiger partial charge < -0.3 is 23.4 Å². The minimum atomic E-state index is -0.406. The summed E-state index contributed by atoms with van der Waals surface area (Å²) >= 11 is 0. The third kappa shape index (κ3) is 3.37. The average molecular weight is 344 g/mol. The van der Waals surface area contributed by atoms with Crippen molar-refractivity contribution < 1.29 is 18.4 Å². The molecule has 25 heavy (non-hydrogen) atoms. The molecule has 1 saturated heterocycles. The summed E-state index contributed by atoms with van der Waals surface area (Å²) in [4.78, 5) is 20.3. The maximum absolute atomic E-state index is 12.4. The molecule has 0 unspecified atom stereocenters. The number of carbonyl (C=O) groups is 1. The number of ether oxygens (including phenoxy) is 1. The summed E-state index contributed by atoms with van der Waals surface area (Å²) in [5.74, 6) is 1.17. The molecule has 1 aliphatic rings. The van der Waals surface area contributed by atoms with Crippen LogP contribution >= 0.6 is 0 Å². The number of carbonyl (C=O) groups excluding carboxylic acids is 1. The van der Waals surface area contributed by atoms with Gasteiger partial charge in [0.2, 0.25) is 11.6 Å². The minimum absolute atomic E-state index is 0.000925. The van der Waals surface area contributed by atoms with Gasteiger partial charge in [0.1, 0.15) is 12.2 Å². The number of nitriles is 1. The predicted octanol–water partition coefficient (Wildman–Crippen LogP) is 1.88. The topological polar surface area (TPSA) is 95.7 Å². The summed E-state index contributed by atoms with van der Waals surface area (Å²) in [7, 11) is 1.55. The number of hydrogen-bond donors (Lipinski definition) is 0. The highest BCUT2D eigenvalue weighted by molar-refractivity contribution is 5.81. The van der Waals surface area contributed by atoms with Gasteiger partial charge in [0.15, 0.2) is 5.76 Å². The van der Waals surface area contributed by atoms with E-state index >= 15 is 0 Å². The summed E-state index contributed by atoms with van der Waals surface area (Å²) in [5, 5.41) is 9.33. The number of methoxy groups -OCH3 is 1. The fourth-order valence-electron chi connectivity index (χ4n) is 2.88. The van der Waals surface area contributed by atoms with Crippen molar-refractivity contribution in [1.29, 1.82) is 5.26 Å². The zero-order chi connectivity index (χ0) is 17.8. The number of aromatic nitrogens is 1. The highest BCUT2D eigenvalue weighted by Crippen LogP contribution is 2.29. The van der Waals surface area contributed by atoms with E-state index in [2.05, 4.69) is 11.1 Å². The van der Waals surface area contributed by atoms with Gasteiger partial charge in [0.05, 0.1) is 6.26 Å². The molecule has 0 aromatic carbocycles. The zero-order valence-corrected chi connectivity index (χ0v) is 14.3. The van der Waals surface area contributed by atoms with Crippen molar-refractivity contribution >= 4 is 11.8 Å². The van der Waals surface area contributed by atoms with E-state index in [0.29, 0.717) is 44.2 Å². The molecule has 0 bridgehead atoms. The van der Waals surface area contributed by atoms with Crippen LogP contribution in [0.25, 0.3) is 11.7 Å². The second-order valence-corrected chi connectivity index (χ2v) is 5.71. The maximum Gasteiger partial charge on any atom is 0.266 e. The second kappa shape index (κ2) is 7.40.